The minimum Gasteiger partial charge on any atom is -0.438 e. The standard InChI is InChI=1S/C24H24BrClNO6PS/c1-24(2,3)23(29)32-14-33-34(30,31)21(18-13-35-20-9-8-16(26)12-17(18)20)22(28)27-11-10-15-6-4-5-7-19(15)25/h4-13,21H,14H2,1-3H3,(H,27,28)(H,30,31)/b11-10+. The molecule has 2 aromatic carbocycles. The first kappa shape index (κ1) is 27.6. The van der Waals surface area contributed by atoms with Gasteiger partial charge in [0.15, 0.2) is 5.66 Å². The highest BCUT2D eigenvalue weighted by Gasteiger charge is 2.42. The molecule has 0 aliphatic heterocycles. The van der Waals surface area contributed by atoms with Crippen LogP contribution < -0.4 is 5.32 Å². The van der Waals surface area contributed by atoms with Crippen LogP contribution >= 0.6 is 46.5 Å². The molecule has 2 unspecified atom stereocenters. The molecule has 1 amide bonds. The van der Waals surface area contributed by atoms with Gasteiger partial charge in [-0.15, -0.1) is 11.3 Å². The molecule has 0 aliphatic carbocycles. The third-order valence-corrected chi connectivity index (χ3v) is 8.45. The van der Waals surface area contributed by atoms with Crippen molar-refractivity contribution in [2.75, 3.05) is 6.79 Å². The molecule has 1 heterocycles. The predicted molar refractivity (Wildman–Crippen MR) is 142 cm³/mol. The summed E-state index contributed by atoms with van der Waals surface area (Å²) in [5.41, 5.74) is -1.33. The topological polar surface area (TPSA) is 102 Å². The van der Waals surface area contributed by atoms with Gasteiger partial charge in [-0.2, -0.15) is 0 Å². The first-order valence-electron chi connectivity index (χ1n) is 10.4. The third-order valence-electron chi connectivity index (χ3n) is 4.87. The Morgan fingerprint density at radius 1 is 1.26 bits per heavy atom. The van der Waals surface area contributed by atoms with Gasteiger partial charge in [-0.05, 0) is 73.0 Å². The van der Waals surface area contributed by atoms with Crippen LogP contribution in [0.15, 0.2) is 58.5 Å². The van der Waals surface area contributed by atoms with Crippen LogP contribution in [0.1, 0.15) is 37.6 Å². The Morgan fingerprint density at radius 2 is 1.97 bits per heavy atom. The van der Waals surface area contributed by atoms with Gasteiger partial charge >= 0.3 is 13.6 Å². The van der Waals surface area contributed by atoms with E-state index in [1.165, 1.54) is 17.5 Å². The summed E-state index contributed by atoms with van der Waals surface area (Å²) in [6, 6.07) is 12.5. The van der Waals surface area contributed by atoms with Crippen LogP contribution in [0.25, 0.3) is 16.2 Å². The fourth-order valence-electron chi connectivity index (χ4n) is 3.05. The number of carbonyl (C=O) groups is 2. The maximum absolute atomic E-state index is 13.3. The summed E-state index contributed by atoms with van der Waals surface area (Å²) in [6.45, 7) is 4.15. The Bertz CT molecular complexity index is 1320. The maximum Gasteiger partial charge on any atom is 0.347 e. The Balaban J connectivity index is 1.90. The summed E-state index contributed by atoms with van der Waals surface area (Å²) in [7, 11) is -4.67. The summed E-state index contributed by atoms with van der Waals surface area (Å²) in [4.78, 5) is 36.1. The van der Waals surface area contributed by atoms with E-state index in [-0.39, 0.29) is 5.56 Å². The van der Waals surface area contributed by atoms with Crippen molar-refractivity contribution in [3.63, 3.8) is 0 Å². The van der Waals surface area contributed by atoms with Gasteiger partial charge in [0.1, 0.15) is 0 Å². The van der Waals surface area contributed by atoms with Crippen LogP contribution in [0.3, 0.4) is 0 Å². The molecule has 2 atom stereocenters. The van der Waals surface area contributed by atoms with Crippen LogP contribution in [0.2, 0.25) is 5.02 Å². The zero-order chi connectivity index (χ0) is 25.8. The van der Waals surface area contributed by atoms with Crippen LogP contribution in [-0.2, 0) is 23.4 Å². The molecule has 3 aromatic rings. The van der Waals surface area contributed by atoms with Gasteiger partial charge in [0.2, 0.25) is 12.7 Å². The summed E-state index contributed by atoms with van der Waals surface area (Å²) < 4.78 is 25.0. The van der Waals surface area contributed by atoms with E-state index < -0.39 is 37.3 Å². The van der Waals surface area contributed by atoms with Crippen molar-refractivity contribution in [1.82, 2.24) is 5.32 Å². The smallest absolute Gasteiger partial charge is 0.347 e. The monoisotopic (exact) mass is 599 g/mol. The maximum atomic E-state index is 13.3. The molecule has 0 saturated heterocycles. The normalized spacial score (nSPS) is 14.6. The van der Waals surface area contributed by atoms with Crippen molar-refractivity contribution in [3.8, 4) is 0 Å². The second-order valence-corrected chi connectivity index (χ2v) is 12.7. The highest BCUT2D eigenvalue weighted by atomic mass is 79.9. The van der Waals surface area contributed by atoms with Gasteiger partial charge in [-0.1, -0.05) is 45.7 Å². The number of rotatable bonds is 8. The van der Waals surface area contributed by atoms with Crippen molar-refractivity contribution in [1.29, 1.82) is 0 Å². The SMILES string of the molecule is CC(C)(C)C(=O)OCOP(=O)(O)C(C(=O)N/C=C/c1ccccc1Br)c1csc2ccc(Cl)cc12. The van der Waals surface area contributed by atoms with Gasteiger partial charge in [-0.3, -0.25) is 18.7 Å². The minimum atomic E-state index is -4.67. The molecule has 186 valence electrons. The summed E-state index contributed by atoms with van der Waals surface area (Å²) in [5, 5.41) is 5.16. The van der Waals surface area contributed by atoms with Crippen molar-refractivity contribution < 1.29 is 28.3 Å². The van der Waals surface area contributed by atoms with Crippen LogP contribution in [0.4, 0.5) is 0 Å². The highest BCUT2D eigenvalue weighted by Crippen LogP contribution is 2.58. The molecule has 1 aromatic heterocycles. The molecule has 3 rings (SSSR count). The van der Waals surface area contributed by atoms with Crippen molar-refractivity contribution in [2.45, 2.75) is 26.4 Å². The lowest BCUT2D eigenvalue weighted by Crippen LogP contribution is -2.27. The quantitative estimate of drug-likeness (QED) is 0.166. The molecular formula is C24H24BrClNO6PS. The van der Waals surface area contributed by atoms with Crippen LogP contribution in [0, 0.1) is 5.41 Å². The van der Waals surface area contributed by atoms with Crippen molar-refractivity contribution in [3.05, 3.63) is 74.7 Å². The number of halogens is 2. The second-order valence-electron chi connectivity index (χ2n) is 8.59. The molecule has 35 heavy (non-hydrogen) atoms. The molecule has 0 saturated carbocycles. The number of thiophene rings is 1. The second kappa shape index (κ2) is 11.4. The van der Waals surface area contributed by atoms with E-state index in [1.807, 2.05) is 24.3 Å². The fraction of sp³-hybridized carbons (Fsp3) is 0.250. The molecule has 0 bridgehead atoms. The molecule has 0 aliphatic rings. The van der Waals surface area contributed by atoms with Gasteiger partial charge < -0.3 is 14.9 Å². The number of ether oxygens (including phenoxy) is 1. The Morgan fingerprint density at radius 3 is 2.66 bits per heavy atom. The Kier molecular flexibility index (Phi) is 8.96. The van der Waals surface area contributed by atoms with Gasteiger partial charge in [0.05, 0.1) is 5.41 Å². The largest absolute Gasteiger partial charge is 0.438 e. The van der Waals surface area contributed by atoms with E-state index in [0.29, 0.717) is 10.4 Å². The molecule has 0 radical (unpaired) electrons. The predicted octanol–water partition coefficient (Wildman–Crippen LogP) is 6.89. The number of hydrogen-bond acceptors (Lipinski definition) is 6. The lowest BCUT2D eigenvalue weighted by atomic mass is 9.98. The number of esters is 1. The number of fused-ring (bicyclic) bond motifs is 1. The first-order valence-corrected chi connectivity index (χ1v) is 14.1. The summed E-state index contributed by atoms with van der Waals surface area (Å²) >= 11 is 10.9. The Hall–Kier alpha value is -2.00. The zero-order valence-electron chi connectivity index (χ0n) is 19.2. The first-order chi connectivity index (χ1) is 16.4. The molecular weight excluding hydrogens is 577 g/mol. The van der Waals surface area contributed by atoms with Crippen molar-refractivity contribution in [2.24, 2.45) is 5.41 Å². The number of hydrogen-bond donors (Lipinski definition) is 2. The number of benzene rings is 2. The molecule has 2 N–H and O–H groups in total. The Labute approximate surface area is 220 Å². The number of amides is 1. The lowest BCUT2D eigenvalue weighted by molar-refractivity contribution is -0.159. The molecule has 0 fully saturated rings. The molecule has 0 spiro atoms. The van der Waals surface area contributed by atoms with Gasteiger partial charge in [0, 0.05) is 20.4 Å². The van der Waals surface area contributed by atoms with Crippen molar-refractivity contribution >= 4 is 74.5 Å². The third kappa shape index (κ3) is 7.03. The van der Waals surface area contributed by atoms with E-state index in [2.05, 4.69) is 21.2 Å². The van der Waals surface area contributed by atoms with E-state index in [4.69, 9.17) is 20.9 Å². The average molecular weight is 601 g/mol. The lowest BCUT2D eigenvalue weighted by Gasteiger charge is -2.22. The van der Waals surface area contributed by atoms with Crippen LogP contribution in [-0.4, -0.2) is 23.6 Å². The number of carbonyl (C=O) groups excluding carboxylic acids is 2. The average Bonchev–Trinajstić information content (AvgIpc) is 3.16. The molecule has 11 heteroatoms. The van der Waals surface area contributed by atoms with Crippen LogP contribution in [0.5, 0.6) is 0 Å². The van der Waals surface area contributed by atoms with E-state index in [1.54, 1.807) is 50.4 Å². The molecule has 7 nitrogen and oxygen atoms in total. The number of nitrogens with one attached hydrogen (secondary N) is 1. The van der Waals surface area contributed by atoms with Gasteiger partial charge in [-0.25, -0.2) is 0 Å². The highest BCUT2D eigenvalue weighted by molar-refractivity contribution is 9.10. The van der Waals surface area contributed by atoms with E-state index in [9.17, 15) is 19.0 Å². The summed E-state index contributed by atoms with van der Waals surface area (Å²) in [5.74, 6) is -1.37. The minimum absolute atomic E-state index is 0.285. The van der Waals surface area contributed by atoms with Gasteiger partial charge in [0.25, 0.3) is 0 Å². The fourth-order valence-corrected chi connectivity index (χ4v) is 5.99. The zero-order valence-corrected chi connectivity index (χ0v) is 23.2. The summed E-state index contributed by atoms with van der Waals surface area (Å²) in [6.07, 6.45) is 3.03. The van der Waals surface area contributed by atoms with E-state index >= 15 is 0 Å². The van der Waals surface area contributed by atoms with E-state index in [0.717, 1.165) is 14.7 Å².